The molecule has 0 aromatic heterocycles. The van der Waals surface area contributed by atoms with E-state index in [1.807, 2.05) is 66.7 Å². The Bertz CT molecular complexity index is 1530. The Morgan fingerprint density at radius 2 is 1.21 bits per heavy atom. The summed E-state index contributed by atoms with van der Waals surface area (Å²) in [6.07, 6.45) is -0.693. The molecule has 0 saturated carbocycles. The molecule has 4 atom stereocenters. The lowest BCUT2D eigenvalue weighted by Crippen LogP contribution is -2.51. The van der Waals surface area contributed by atoms with Gasteiger partial charge in [-0.05, 0) is 27.8 Å². The molecule has 6 rings (SSSR count). The Hall–Kier alpha value is -4.05. The monoisotopic (exact) mass is 634 g/mol. The van der Waals surface area contributed by atoms with Crippen molar-refractivity contribution in [1.82, 2.24) is 20.4 Å². The van der Waals surface area contributed by atoms with E-state index in [4.69, 9.17) is 9.47 Å². The minimum atomic E-state index is -0.519. The second-order valence-corrected chi connectivity index (χ2v) is 12.6. The van der Waals surface area contributed by atoms with Crippen LogP contribution in [0.25, 0.3) is 0 Å². The molecule has 8 nitrogen and oxygen atoms in total. The SMILES string of the molecule is C[C@H]1[C@@H](CN2CCN(Cc3ccccc3)CC2)O[C@@H](c2ccc(CNC(=O)NCc3ccccc3)cc2)O[C@H]1c1ccc(CO)cc1. The van der Waals surface area contributed by atoms with Crippen LogP contribution in [0.4, 0.5) is 4.79 Å². The largest absolute Gasteiger partial charge is 0.392 e. The first-order valence-electron chi connectivity index (χ1n) is 16.7. The summed E-state index contributed by atoms with van der Waals surface area (Å²) in [4.78, 5) is 17.4. The van der Waals surface area contributed by atoms with E-state index in [1.54, 1.807) is 0 Å². The van der Waals surface area contributed by atoms with E-state index >= 15 is 0 Å². The predicted octanol–water partition coefficient (Wildman–Crippen LogP) is 5.79. The molecule has 2 aliphatic heterocycles. The zero-order valence-corrected chi connectivity index (χ0v) is 27.1. The first kappa shape index (κ1) is 32.9. The summed E-state index contributed by atoms with van der Waals surface area (Å²) < 4.78 is 13.4. The van der Waals surface area contributed by atoms with Gasteiger partial charge in [0.2, 0.25) is 0 Å². The number of urea groups is 1. The number of benzene rings is 4. The molecule has 2 saturated heterocycles. The van der Waals surface area contributed by atoms with E-state index in [9.17, 15) is 9.90 Å². The highest BCUT2D eigenvalue weighted by atomic mass is 16.7. The van der Waals surface area contributed by atoms with Gasteiger partial charge in [-0.2, -0.15) is 0 Å². The maximum Gasteiger partial charge on any atom is 0.315 e. The summed E-state index contributed by atoms with van der Waals surface area (Å²) in [5.74, 6) is 0.131. The van der Waals surface area contributed by atoms with Gasteiger partial charge < -0.3 is 25.2 Å². The number of aliphatic hydroxyl groups is 1. The Kier molecular flexibility index (Phi) is 11.3. The molecule has 2 aliphatic rings. The van der Waals surface area contributed by atoms with Crippen molar-refractivity contribution in [2.75, 3.05) is 32.7 Å². The molecular weight excluding hydrogens is 588 g/mol. The van der Waals surface area contributed by atoms with Gasteiger partial charge in [-0.1, -0.05) is 116 Å². The number of rotatable bonds is 11. The normalized spacial score (nSPS) is 22.1. The Morgan fingerprint density at radius 3 is 1.83 bits per heavy atom. The van der Waals surface area contributed by atoms with Gasteiger partial charge in [-0.15, -0.1) is 0 Å². The fraction of sp³-hybridized carbons (Fsp3) is 0.359. The van der Waals surface area contributed by atoms with Crippen molar-refractivity contribution in [2.24, 2.45) is 5.92 Å². The van der Waals surface area contributed by atoms with Crippen LogP contribution in [0.5, 0.6) is 0 Å². The Labute approximate surface area is 278 Å². The molecule has 8 heteroatoms. The first-order chi connectivity index (χ1) is 23.0. The molecule has 2 fully saturated rings. The fourth-order valence-corrected chi connectivity index (χ4v) is 6.37. The van der Waals surface area contributed by atoms with Gasteiger partial charge in [-0.25, -0.2) is 4.79 Å². The summed E-state index contributed by atoms with van der Waals surface area (Å²) in [7, 11) is 0. The number of carbonyl (C=O) groups is 1. The number of carbonyl (C=O) groups excluding carboxylic acids is 1. The number of nitrogens with one attached hydrogen (secondary N) is 2. The third kappa shape index (κ3) is 9.06. The van der Waals surface area contributed by atoms with Gasteiger partial charge in [0.15, 0.2) is 6.29 Å². The molecule has 246 valence electrons. The number of ether oxygens (including phenoxy) is 2. The van der Waals surface area contributed by atoms with Gasteiger partial charge in [0.1, 0.15) is 0 Å². The van der Waals surface area contributed by atoms with Crippen LogP contribution in [-0.4, -0.2) is 59.8 Å². The van der Waals surface area contributed by atoms with Crippen LogP contribution in [0.15, 0.2) is 109 Å². The summed E-state index contributed by atoms with van der Waals surface area (Å²) >= 11 is 0. The maximum absolute atomic E-state index is 12.4. The highest BCUT2D eigenvalue weighted by Crippen LogP contribution is 2.42. The van der Waals surface area contributed by atoms with Gasteiger partial charge in [0.05, 0.1) is 18.8 Å². The number of amides is 2. The second kappa shape index (κ2) is 16.2. The van der Waals surface area contributed by atoms with E-state index in [-0.39, 0.29) is 30.8 Å². The van der Waals surface area contributed by atoms with Crippen LogP contribution in [0.2, 0.25) is 0 Å². The number of aliphatic hydroxyl groups excluding tert-OH is 1. The molecule has 4 aromatic rings. The smallest absolute Gasteiger partial charge is 0.315 e. The zero-order valence-electron chi connectivity index (χ0n) is 27.1. The topological polar surface area (TPSA) is 86.3 Å². The summed E-state index contributed by atoms with van der Waals surface area (Å²) in [5, 5.41) is 15.4. The van der Waals surface area contributed by atoms with Crippen molar-refractivity contribution < 1.29 is 19.4 Å². The third-order valence-corrected chi connectivity index (χ3v) is 9.28. The number of hydrogen-bond donors (Lipinski definition) is 3. The van der Waals surface area contributed by atoms with Gasteiger partial charge >= 0.3 is 6.03 Å². The van der Waals surface area contributed by atoms with Crippen molar-refractivity contribution in [1.29, 1.82) is 0 Å². The minimum absolute atomic E-state index is 0.0157. The van der Waals surface area contributed by atoms with Crippen LogP contribution in [0, 0.1) is 5.92 Å². The molecule has 2 heterocycles. The number of hydrogen-bond acceptors (Lipinski definition) is 6. The molecule has 3 N–H and O–H groups in total. The van der Waals surface area contributed by atoms with Gasteiger partial charge in [0.25, 0.3) is 0 Å². The quantitative estimate of drug-likeness (QED) is 0.194. The van der Waals surface area contributed by atoms with E-state index in [2.05, 4.69) is 69.8 Å². The van der Waals surface area contributed by atoms with Crippen LogP contribution in [0.1, 0.15) is 52.7 Å². The Morgan fingerprint density at radius 1 is 0.681 bits per heavy atom. The van der Waals surface area contributed by atoms with Crippen LogP contribution < -0.4 is 10.6 Å². The van der Waals surface area contributed by atoms with Crippen LogP contribution in [0.3, 0.4) is 0 Å². The fourth-order valence-electron chi connectivity index (χ4n) is 6.37. The van der Waals surface area contributed by atoms with Crippen molar-refractivity contribution in [3.8, 4) is 0 Å². The van der Waals surface area contributed by atoms with E-state index in [1.165, 1.54) is 5.56 Å². The highest BCUT2D eigenvalue weighted by molar-refractivity contribution is 5.73. The summed E-state index contributed by atoms with van der Waals surface area (Å²) in [5.41, 5.74) is 6.32. The van der Waals surface area contributed by atoms with Crippen LogP contribution in [-0.2, 0) is 35.7 Å². The van der Waals surface area contributed by atoms with Crippen molar-refractivity contribution in [3.05, 3.63) is 143 Å². The molecule has 0 unspecified atom stereocenters. The summed E-state index contributed by atoms with van der Waals surface area (Å²) in [6, 6.07) is 36.5. The maximum atomic E-state index is 12.4. The zero-order chi connectivity index (χ0) is 32.4. The lowest BCUT2D eigenvalue weighted by molar-refractivity contribution is -0.276. The van der Waals surface area contributed by atoms with Crippen molar-refractivity contribution >= 4 is 6.03 Å². The molecule has 0 aliphatic carbocycles. The molecule has 0 spiro atoms. The molecule has 0 radical (unpaired) electrons. The minimum Gasteiger partial charge on any atom is -0.392 e. The van der Waals surface area contributed by atoms with E-state index < -0.39 is 6.29 Å². The number of piperazine rings is 1. The third-order valence-electron chi connectivity index (χ3n) is 9.28. The second-order valence-electron chi connectivity index (χ2n) is 12.6. The molecule has 0 bridgehead atoms. The molecule has 4 aromatic carbocycles. The standard InChI is InChI=1S/C39H46N4O4/c1-29-36(27-43-22-20-42(21-23-43)26-32-10-6-3-7-11-32)46-38(47-37(29)34-16-14-33(28-44)15-17-34)35-18-12-31(13-19-35)25-41-39(45)40-24-30-8-4-2-5-9-30/h2-19,29,36-38,44H,20-28H2,1H3,(H2,40,41,45)/t29-,36+,37+,38+/m0/s1. The van der Waals surface area contributed by atoms with Crippen molar-refractivity contribution in [3.63, 3.8) is 0 Å². The molecule has 2 amide bonds. The molecular formula is C39H46N4O4. The summed E-state index contributed by atoms with van der Waals surface area (Å²) in [6.45, 7) is 9.02. The first-order valence-corrected chi connectivity index (χ1v) is 16.7. The van der Waals surface area contributed by atoms with Gasteiger partial charge in [-0.3, -0.25) is 9.80 Å². The van der Waals surface area contributed by atoms with Crippen molar-refractivity contribution in [2.45, 2.75) is 51.7 Å². The average Bonchev–Trinajstić information content (AvgIpc) is 3.12. The average molecular weight is 635 g/mol. The van der Waals surface area contributed by atoms with Crippen LogP contribution >= 0.6 is 0 Å². The van der Waals surface area contributed by atoms with Gasteiger partial charge in [0, 0.05) is 63.8 Å². The van der Waals surface area contributed by atoms with E-state index in [0.29, 0.717) is 13.1 Å². The van der Waals surface area contributed by atoms with E-state index in [0.717, 1.165) is 67.1 Å². The molecule has 47 heavy (non-hydrogen) atoms. The Balaban J connectivity index is 1.08. The lowest BCUT2D eigenvalue weighted by Gasteiger charge is -2.44. The lowest BCUT2D eigenvalue weighted by atomic mass is 9.90. The number of nitrogens with zero attached hydrogens (tertiary/aromatic N) is 2. The predicted molar refractivity (Wildman–Crippen MR) is 183 cm³/mol. The highest BCUT2D eigenvalue weighted by Gasteiger charge is 2.39.